The second-order valence-electron chi connectivity index (χ2n) is 2.67. The molecule has 0 aromatic heterocycles. The molecule has 0 heterocycles. The summed E-state index contributed by atoms with van der Waals surface area (Å²) < 4.78 is 4.75. The van der Waals surface area contributed by atoms with Crippen LogP contribution < -0.4 is 0 Å². The number of hydrogen-bond donors (Lipinski definition) is 0. The fourth-order valence-corrected chi connectivity index (χ4v) is 1.36. The van der Waals surface area contributed by atoms with Crippen LogP contribution in [0, 0.1) is 0 Å². The third kappa shape index (κ3) is 2.57. The third-order valence-corrected chi connectivity index (χ3v) is 1.96. The van der Waals surface area contributed by atoms with Crippen LogP contribution in [-0.2, 0) is 9.53 Å². The Morgan fingerprint density at radius 3 is 2.71 bits per heavy atom. The number of benzene rings is 1. The van der Waals surface area contributed by atoms with Crippen molar-refractivity contribution >= 4 is 23.9 Å². The number of ether oxygens (including phenoxy) is 1. The Bertz CT molecular complexity index is 349. The van der Waals surface area contributed by atoms with Crippen molar-refractivity contribution in [3.05, 3.63) is 35.4 Å². The molecule has 1 rings (SSSR count). The highest BCUT2D eigenvalue weighted by atomic mass is 35.5. The Morgan fingerprint density at radius 2 is 2.14 bits per heavy atom. The molecule has 1 aromatic rings. The standard InChI is InChI=1S/C10H9ClO3/c1-7(13)14-10(11)9-5-3-2-4-8(9)6-12/h2-6,10H,1H3. The minimum Gasteiger partial charge on any atom is -0.442 e. The van der Waals surface area contributed by atoms with Crippen LogP contribution in [-0.4, -0.2) is 12.3 Å². The lowest BCUT2D eigenvalue weighted by Crippen LogP contribution is -2.05. The number of carbonyl (C=O) groups is 2. The van der Waals surface area contributed by atoms with Crippen LogP contribution in [0.5, 0.6) is 0 Å². The van der Waals surface area contributed by atoms with Crippen molar-refractivity contribution in [2.75, 3.05) is 0 Å². The second-order valence-corrected chi connectivity index (χ2v) is 3.07. The maximum absolute atomic E-state index is 10.6. The summed E-state index contributed by atoms with van der Waals surface area (Å²) in [6.07, 6.45) is 0.675. The molecule has 4 heteroatoms. The van der Waals surface area contributed by atoms with Crippen LogP contribution in [0.3, 0.4) is 0 Å². The molecule has 0 N–H and O–H groups in total. The monoisotopic (exact) mass is 212 g/mol. The molecule has 3 nitrogen and oxygen atoms in total. The average Bonchev–Trinajstić information content (AvgIpc) is 2.16. The minimum absolute atomic E-state index is 0.425. The van der Waals surface area contributed by atoms with Crippen LogP contribution in [0.25, 0.3) is 0 Å². The predicted octanol–water partition coefficient (Wildman–Crippen LogP) is 2.30. The fraction of sp³-hybridized carbons (Fsp3) is 0.200. The van der Waals surface area contributed by atoms with Crippen molar-refractivity contribution in [2.24, 2.45) is 0 Å². The average molecular weight is 213 g/mol. The Labute approximate surface area is 86.6 Å². The highest BCUT2D eigenvalue weighted by Crippen LogP contribution is 2.24. The summed E-state index contributed by atoms with van der Waals surface area (Å²) in [4.78, 5) is 21.3. The van der Waals surface area contributed by atoms with E-state index in [4.69, 9.17) is 16.3 Å². The quantitative estimate of drug-likeness (QED) is 0.439. The summed E-state index contributed by atoms with van der Waals surface area (Å²) in [7, 11) is 0. The molecule has 14 heavy (non-hydrogen) atoms. The van der Waals surface area contributed by atoms with E-state index in [-0.39, 0.29) is 0 Å². The zero-order valence-electron chi connectivity index (χ0n) is 7.57. The lowest BCUT2D eigenvalue weighted by Gasteiger charge is -2.11. The van der Waals surface area contributed by atoms with E-state index >= 15 is 0 Å². The van der Waals surface area contributed by atoms with E-state index in [2.05, 4.69) is 0 Å². The number of aldehydes is 1. The summed E-state index contributed by atoms with van der Waals surface area (Å²) in [6.45, 7) is 1.26. The molecule has 74 valence electrons. The molecule has 1 atom stereocenters. The first-order valence-electron chi connectivity index (χ1n) is 4.00. The number of esters is 1. The minimum atomic E-state index is -0.908. The van der Waals surface area contributed by atoms with E-state index in [1.54, 1.807) is 24.3 Å². The smallest absolute Gasteiger partial charge is 0.304 e. The molecule has 0 aliphatic rings. The van der Waals surface area contributed by atoms with Gasteiger partial charge in [0.2, 0.25) is 5.56 Å². The first kappa shape index (κ1) is 10.7. The van der Waals surface area contributed by atoms with Crippen molar-refractivity contribution < 1.29 is 14.3 Å². The van der Waals surface area contributed by atoms with E-state index in [1.807, 2.05) is 0 Å². The molecule has 1 unspecified atom stereocenters. The first-order chi connectivity index (χ1) is 6.65. The summed E-state index contributed by atoms with van der Waals surface area (Å²) >= 11 is 5.78. The molecular weight excluding hydrogens is 204 g/mol. The summed E-state index contributed by atoms with van der Waals surface area (Å²) in [5.41, 5.74) is 0.0158. The molecule has 0 saturated carbocycles. The van der Waals surface area contributed by atoms with E-state index in [0.29, 0.717) is 17.4 Å². The van der Waals surface area contributed by atoms with Crippen molar-refractivity contribution in [3.63, 3.8) is 0 Å². The number of rotatable bonds is 3. The van der Waals surface area contributed by atoms with Crippen LogP contribution in [0.15, 0.2) is 24.3 Å². The lowest BCUT2D eigenvalue weighted by atomic mass is 10.1. The third-order valence-electron chi connectivity index (χ3n) is 1.64. The molecule has 0 spiro atoms. The van der Waals surface area contributed by atoms with Crippen molar-refractivity contribution in [2.45, 2.75) is 12.5 Å². The normalized spacial score (nSPS) is 11.9. The van der Waals surface area contributed by atoms with E-state index in [1.165, 1.54) is 6.92 Å². The topological polar surface area (TPSA) is 43.4 Å². The highest BCUT2D eigenvalue weighted by molar-refractivity contribution is 6.20. The molecule has 0 saturated heterocycles. The van der Waals surface area contributed by atoms with Gasteiger partial charge in [-0.05, 0) is 0 Å². The maximum atomic E-state index is 10.6. The predicted molar refractivity (Wildman–Crippen MR) is 52.2 cm³/mol. The number of carbonyl (C=O) groups excluding carboxylic acids is 2. The zero-order valence-corrected chi connectivity index (χ0v) is 8.32. The van der Waals surface area contributed by atoms with Crippen LogP contribution in [0.1, 0.15) is 28.4 Å². The molecule has 0 aliphatic carbocycles. The molecule has 0 radical (unpaired) electrons. The molecule has 0 bridgehead atoms. The van der Waals surface area contributed by atoms with Gasteiger partial charge in [-0.1, -0.05) is 35.9 Å². The van der Waals surface area contributed by atoms with Crippen molar-refractivity contribution in [3.8, 4) is 0 Å². The SMILES string of the molecule is CC(=O)OC(Cl)c1ccccc1C=O. The Kier molecular flexibility index (Phi) is 3.65. The van der Waals surface area contributed by atoms with Gasteiger partial charge in [-0.2, -0.15) is 0 Å². The summed E-state index contributed by atoms with van der Waals surface area (Å²) in [5.74, 6) is -0.481. The molecule has 0 fully saturated rings. The van der Waals surface area contributed by atoms with E-state index < -0.39 is 11.5 Å². The lowest BCUT2D eigenvalue weighted by molar-refractivity contribution is -0.143. The highest BCUT2D eigenvalue weighted by Gasteiger charge is 2.13. The van der Waals surface area contributed by atoms with Gasteiger partial charge >= 0.3 is 5.97 Å². The van der Waals surface area contributed by atoms with Gasteiger partial charge < -0.3 is 4.74 Å². The van der Waals surface area contributed by atoms with Gasteiger partial charge in [0.1, 0.15) is 0 Å². The number of hydrogen-bond acceptors (Lipinski definition) is 3. The Hall–Kier alpha value is -1.35. The van der Waals surface area contributed by atoms with Crippen molar-refractivity contribution in [1.29, 1.82) is 0 Å². The van der Waals surface area contributed by atoms with Gasteiger partial charge in [0, 0.05) is 18.1 Å². The van der Waals surface area contributed by atoms with Crippen LogP contribution in [0.4, 0.5) is 0 Å². The Balaban J connectivity index is 2.93. The molecular formula is C10H9ClO3. The number of halogens is 1. The van der Waals surface area contributed by atoms with Crippen LogP contribution in [0.2, 0.25) is 0 Å². The second kappa shape index (κ2) is 4.77. The van der Waals surface area contributed by atoms with Crippen LogP contribution >= 0.6 is 11.6 Å². The van der Waals surface area contributed by atoms with Crippen molar-refractivity contribution in [1.82, 2.24) is 0 Å². The fourth-order valence-electron chi connectivity index (χ4n) is 1.03. The van der Waals surface area contributed by atoms with E-state index in [0.717, 1.165) is 0 Å². The first-order valence-corrected chi connectivity index (χ1v) is 4.44. The van der Waals surface area contributed by atoms with Gasteiger partial charge in [0.05, 0.1) is 0 Å². The summed E-state index contributed by atoms with van der Waals surface area (Å²) in [6, 6.07) is 6.69. The molecule has 0 aliphatic heterocycles. The van der Waals surface area contributed by atoms with Gasteiger partial charge in [0.15, 0.2) is 6.29 Å². The summed E-state index contributed by atoms with van der Waals surface area (Å²) in [5, 5.41) is 0. The van der Waals surface area contributed by atoms with E-state index in [9.17, 15) is 9.59 Å². The molecule has 0 amide bonds. The van der Waals surface area contributed by atoms with Gasteiger partial charge in [-0.25, -0.2) is 0 Å². The van der Waals surface area contributed by atoms with Gasteiger partial charge in [-0.3, -0.25) is 9.59 Å². The Morgan fingerprint density at radius 1 is 1.50 bits per heavy atom. The molecule has 1 aromatic carbocycles. The van der Waals surface area contributed by atoms with Gasteiger partial charge in [-0.15, -0.1) is 0 Å². The zero-order chi connectivity index (χ0) is 10.6. The maximum Gasteiger partial charge on any atom is 0.304 e. The van der Waals surface area contributed by atoms with Gasteiger partial charge in [0.25, 0.3) is 0 Å². The largest absolute Gasteiger partial charge is 0.442 e. The number of alkyl halides is 1.